The van der Waals surface area contributed by atoms with Crippen molar-refractivity contribution in [3.8, 4) is 0 Å². The molecule has 0 saturated carbocycles. The number of hydrogen-bond donors (Lipinski definition) is 1. The van der Waals surface area contributed by atoms with Gasteiger partial charge in [0.15, 0.2) is 0 Å². The molecule has 0 aliphatic carbocycles. The Kier molecular flexibility index (Phi) is 4.93. The Morgan fingerprint density at radius 2 is 1.94 bits per heavy atom. The van der Waals surface area contributed by atoms with Gasteiger partial charge in [0.25, 0.3) is 0 Å². The molecule has 1 aromatic rings. The molecule has 0 saturated heterocycles. The summed E-state index contributed by atoms with van der Waals surface area (Å²) in [7, 11) is 1.91. The second-order valence-corrected chi connectivity index (χ2v) is 5.52. The van der Waals surface area contributed by atoms with Crippen molar-refractivity contribution in [2.75, 3.05) is 18.6 Å². The van der Waals surface area contributed by atoms with E-state index in [2.05, 4.69) is 16.9 Å². The van der Waals surface area contributed by atoms with E-state index >= 15 is 0 Å². The Morgan fingerprint density at radius 1 is 1.33 bits per heavy atom. The minimum atomic E-state index is -0.383. The molecule has 1 heterocycles. The summed E-state index contributed by atoms with van der Waals surface area (Å²) in [5, 5.41) is 9.93. The van der Waals surface area contributed by atoms with E-state index in [0.29, 0.717) is 5.15 Å². The van der Waals surface area contributed by atoms with Crippen LogP contribution in [0, 0.1) is 6.92 Å². The summed E-state index contributed by atoms with van der Waals surface area (Å²) >= 11 is 6.15. The molecule has 0 aliphatic rings. The summed E-state index contributed by atoms with van der Waals surface area (Å²) in [4.78, 5) is 10.8. The molecular formula is C13H22ClN3O. The SMILES string of the molecule is CCCc1nc(Cl)c(C)c(N(C)C(C)(C)CO)n1. The minimum absolute atomic E-state index is 0.0493. The first-order valence-electron chi connectivity index (χ1n) is 6.21. The number of halogens is 1. The van der Waals surface area contributed by atoms with Crippen molar-refractivity contribution in [2.45, 2.75) is 46.1 Å². The number of nitrogens with zero attached hydrogens (tertiary/aromatic N) is 3. The van der Waals surface area contributed by atoms with E-state index in [9.17, 15) is 5.11 Å². The summed E-state index contributed by atoms with van der Waals surface area (Å²) in [5.41, 5.74) is 0.465. The average molecular weight is 272 g/mol. The maximum absolute atomic E-state index is 9.44. The molecule has 0 aliphatic heterocycles. The van der Waals surface area contributed by atoms with Gasteiger partial charge in [0.1, 0.15) is 16.8 Å². The van der Waals surface area contributed by atoms with Gasteiger partial charge in [-0.3, -0.25) is 0 Å². The first-order chi connectivity index (χ1) is 8.33. The van der Waals surface area contributed by atoms with Crippen molar-refractivity contribution in [2.24, 2.45) is 0 Å². The van der Waals surface area contributed by atoms with Crippen LogP contribution in [0.15, 0.2) is 0 Å². The van der Waals surface area contributed by atoms with Gasteiger partial charge in [-0.05, 0) is 27.2 Å². The van der Waals surface area contributed by atoms with Crippen LogP contribution in [0.1, 0.15) is 38.6 Å². The van der Waals surface area contributed by atoms with Crippen LogP contribution in [0.4, 0.5) is 5.82 Å². The van der Waals surface area contributed by atoms with E-state index in [1.54, 1.807) is 0 Å². The van der Waals surface area contributed by atoms with Crippen molar-refractivity contribution in [3.05, 3.63) is 16.5 Å². The van der Waals surface area contributed by atoms with Crippen LogP contribution in [-0.4, -0.2) is 34.3 Å². The Labute approximate surface area is 114 Å². The Balaban J connectivity index is 3.22. The third kappa shape index (κ3) is 3.12. The first-order valence-corrected chi connectivity index (χ1v) is 6.59. The third-order valence-electron chi connectivity index (χ3n) is 3.19. The molecule has 0 radical (unpaired) electrons. The molecule has 4 nitrogen and oxygen atoms in total. The van der Waals surface area contributed by atoms with Crippen molar-refractivity contribution in [1.29, 1.82) is 0 Å². The monoisotopic (exact) mass is 271 g/mol. The lowest BCUT2D eigenvalue weighted by atomic mass is 10.0. The molecular weight excluding hydrogens is 250 g/mol. The smallest absolute Gasteiger partial charge is 0.137 e. The number of aryl methyl sites for hydroxylation is 1. The molecule has 0 atom stereocenters. The van der Waals surface area contributed by atoms with Crippen LogP contribution in [0.2, 0.25) is 5.15 Å². The Hall–Kier alpha value is -0.870. The van der Waals surface area contributed by atoms with Crippen LogP contribution < -0.4 is 4.90 Å². The number of likely N-dealkylation sites (N-methyl/N-ethyl adjacent to an activating group) is 1. The number of aliphatic hydroxyl groups is 1. The van der Waals surface area contributed by atoms with Crippen molar-refractivity contribution >= 4 is 17.4 Å². The fraction of sp³-hybridized carbons (Fsp3) is 0.692. The van der Waals surface area contributed by atoms with Gasteiger partial charge >= 0.3 is 0 Å². The highest BCUT2D eigenvalue weighted by Crippen LogP contribution is 2.27. The quantitative estimate of drug-likeness (QED) is 0.837. The van der Waals surface area contributed by atoms with E-state index < -0.39 is 0 Å². The molecule has 1 rings (SSSR count). The highest BCUT2D eigenvalue weighted by atomic mass is 35.5. The van der Waals surface area contributed by atoms with Gasteiger partial charge in [-0.2, -0.15) is 0 Å². The topological polar surface area (TPSA) is 49.2 Å². The molecule has 0 spiro atoms. The van der Waals surface area contributed by atoms with E-state index in [1.807, 2.05) is 32.7 Å². The summed E-state index contributed by atoms with van der Waals surface area (Å²) < 4.78 is 0. The largest absolute Gasteiger partial charge is 0.394 e. The van der Waals surface area contributed by atoms with E-state index in [4.69, 9.17) is 11.6 Å². The minimum Gasteiger partial charge on any atom is -0.394 e. The molecule has 0 bridgehead atoms. The number of aliphatic hydroxyl groups excluding tert-OH is 1. The zero-order valence-electron chi connectivity index (χ0n) is 11.8. The molecule has 1 N–H and O–H groups in total. The molecule has 0 amide bonds. The second-order valence-electron chi connectivity index (χ2n) is 5.16. The Morgan fingerprint density at radius 3 is 2.44 bits per heavy atom. The molecule has 0 fully saturated rings. The number of rotatable bonds is 5. The molecule has 0 aromatic carbocycles. The van der Waals surface area contributed by atoms with Crippen LogP contribution in [0.25, 0.3) is 0 Å². The molecule has 18 heavy (non-hydrogen) atoms. The van der Waals surface area contributed by atoms with Crippen molar-refractivity contribution in [3.63, 3.8) is 0 Å². The van der Waals surface area contributed by atoms with Gasteiger partial charge < -0.3 is 10.0 Å². The van der Waals surface area contributed by atoms with E-state index in [-0.39, 0.29) is 12.1 Å². The number of aromatic nitrogens is 2. The average Bonchev–Trinajstić information content (AvgIpc) is 2.33. The van der Waals surface area contributed by atoms with Gasteiger partial charge in [-0.1, -0.05) is 18.5 Å². The van der Waals surface area contributed by atoms with Gasteiger partial charge in [0.2, 0.25) is 0 Å². The lowest BCUT2D eigenvalue weighted by molar-refractivity contribution is 0.215. The van der Waals surface area contributed by atoms with Crippen LogP contribution >= 0.6 is 11.6 Å². The first kappa shape index (κ1) is 15.2. The molecule has 5 heteroatoms. The molecule has 0 unspecified atom stereocenters. The zero-order valence-corrected chi connectivity index (χ0v) is 12.5. The van der Waals surface area contributed by atoms with Gasteiger partial charge in [0, 0.05) is 19.0 Å². The van der Waals surface area contributed by atoms with Gasteiger partial charge in [0.05, 0.1) is 12.1 Å². The summed E-state index contributed by atoms with van der Waals surface area (Å²) in [6.45, 7) is 7.95. The van der Waals surface area contributed by atoms with Gasteiger partial charge in [-0.15, -0.1) is 0 Å². The molecule has 1 aromatic heterocycles. The second kappa shape index (κ2) is 5.85. The lowest BCUT2D eigenvalue weighted by Gasteiger charge is -2.36. The predicted molar refractivity (Wildman–Crippen MR) is 75.3 cm³/mol. The van der Waals surface area contributed by atoms with Crippen LogP contribution in [0.5, 0.6) is 0 Å². The highest BCUT2D eigenvalue weighted by molar-refractivity contribution is 6.30. The number of anilines is 1. The lowest BCUT2D eigenvalue weighted by Crippen LogP contribution is -2.45. The summed E-state index contributed by atoms with van der Waals surface area (Å²) in [6, 6.07) is 0. The fourth-order valence-corrected chi connectivity index (χ4v) is 1.76. The molecule has 102 valence electrons. The van der Waals surface area contributed by atoms with Crippen molar-refractivity contribution < 1.29 is 5.11 Å². The maximum Gasteiger partial charge on any atom is 0.137 e. The van der Waals surface area contributed by atoms with Crippen LogP contribution in [0.3, 0.4) is 0 Å². The zero-order chi connectivity index (χ0) is 13.9. The number of hydrogen-bond acceptors (Lipinski definition) is 4. The highest BCUT2D eigenvalue weighted by Gasteiger charge is 2.26. The standard InChI is InChI=1S/C13H22ClN3O/c1-6-7-10-15-11(14)9(2)12(16-10)17(5)13(3,4)8-18/h18H,6-8H2,1-5H3. The fourth-order valence-electron chi connectivity index (χ4n) is 1.58. The van der Waals surface area contributed by atoms with E-state index in [0.717, 1.165) is 30.0 Å². The Bertz CT molecular complexity index is 421. The van der Waals surface area contributed by atoms with Gasteiger partial charge in [-0.25, -0.2) is 9.97 Å². The predicted octanol–water partition coefficient (Wildman–Crippen LogP) is 2.60. The summed E-state index contributed by atoms with van der Waals surface area (Å²) in [6.07, 6.45) is 1.78. The van der Waals surface area contributed by atoms with Crippen molar-refractivity contribution in [1.82, 2.24) is 9.97 Å². The maximum atomic E-state index is 9.44. The third-order valence-corrected chi connectivity index (χ3v) is 3.56. The van der Waals surface area contributed by atoms with Crippen LogP contribution in [-0.2, 0) is 6.42 Å². The normalized spacial score (nSPS) is 11.7. The van der Waals surface area contributed by atoms with E-state index in [1.165, 1.54) is 0 Å². The summed E-state index contributed by atoms with van der Waals surface area (Å²) in [5.74, 6) is 1.54.